The van der Waals surface area contributed by atoms with Gasteiger partial charge in [0.25, 0.3) is 0 Å². The van der Waals surface area contributed by atoms with E-state index in [1.165, 1.54) is 11.3 Å². The standard InChI is InChI=1S/C14H17NO3S2/c1-14(2,3)20(18)15-12(13(16)17)11-8-9-6-4-5-7-10(9)19-11/h4-8,12,15H,1-3H3,(H,16,17)/t12-,20-/m0/s1. The minimum absolute atomic E-state index is 0.510. The molecule has 1 heterocycles. The van der Waals surface area contributed by atoms with Crippen LogP contribution in [0.25, 0.3) is 10.1 Å². The number of hydrogen-bond donors (Lipinski definition) is 2. The lowest BCUT2D eigenvalue weighted by atomic mass is 10.2. The number of carboxylic acids is 1. The Balaban J connectivity index is 2.33. The number of benzene rings is 1. The van der Waals surface area contributed by atoms with Crippen molar-refractivity contribution in [1.29, 1.82) is 0 Å². The molecule has 0 bridgehead atoms. The lowest BCUT2D eigenvalue weighted by molar-refractivity contribution is -0.139. The number of aliphatic carboxylic acids is 1. The second-order valence-electron chi connectivity index (χ2n) is 5.46. The number of thiophene rings is 1. The Bertz CT molecular complexity index is 625. The van der Waals surface area contributed by atoms with Crippen molar-refractivity contribution in [3.63, 3.8) is 0 Å². The Labute approximate surface area is 124 Å². The van der Waals surface area contributed by atoms with Gasteiger partial charge in [0.1, 0.15) is 0 Å². The highest BCUT2D eigenvalue weighted by Gasteiger charge is 2.28. The SMILES string of the molecule is CC(C)(C)[S@](=O)N[C@H](C(=O)O)c1cc2ccccc2s1. The number of nitrogens with one attached hydrogen (secondary N) is 1. The van der Waals surface area contributed by atoms with E-state index in [0.717, 1.165) is 10.1 Å². The van der Waals surface area contributed by atoms with Gasteiger partial charge in [0.15, 0.2) is 6.04 Å². The monoisotopic (exact) mass is 311 g/mol. The molecule has 0 spiro atoms. The molecular weight excluding hydrogens is 294 g/mol. The van der Waals surface area contributed by atoms with Crippen LogP contribution in [-0.4, -0.2) is 20.0 Å². The van der Waals surface area contributed by atoms with E-state index in [-0.39, 0.29) is 0 Å². The van der Waals surface area contributed by atoms with Crippen molar-refractivity contribution in [2.45, 2.75) is 31.6 Å². The van der Waals surface area contributed by atoms with E-state index < -0.39 is 27.7 Å². The average molecular weight is 311 g/mol. The maximum atomic E-state index is 12.1. The summed E-state index contributed by atoms with van der Waals surface area (Å²) >= 11 is 1.41. The van der Waals surface area contributed by atoms with Crippen LogP contribution >= 0.6 is 11.3 Å². The van der Waals surface area contributed by atoms with Gasteiger partial charge in [-0.3, -0.25) is 4.79 Å². The van der Waals surface area contributed by atoms with Crippen LogP contribution in [0.1, 0.15) is 31.7 Å². The molecule has 0 radical (unpaired) electrons. The Kier molecular flexibility index (Phi) is 4.27. The molecule has 1 aromatic heterocycles. The zero-order valence-corrected chi connectivity index (χ0v) is 13.2. The van der Waals surface area contributed by atoms with Crippen LogP contribution in [-0.2, 0) is 15.8 Å². The summed E-state index contributed by atoms with van der Waals surface area (Å²) in [6, 6.07) is 8.60. The predicted octanol–water partition coefficient (Wildman–Crippen LogP) is 3.08. The molecule has 2 rings (SSSR count). The minimum atomic E-state index is -1.43. The van der Waals surface area contributed by atoms with Crippen LogP contribution in [0.15, 0.2) is 30.3 Å². The third-order valence-electron chi connectivity index (χ3n) is 2.76. The highest BCUT2D eigenvalue weighted by Crippen LogP contribution is 2.30. The van der Waals surface area contributed by atoms with Crippen molar-refractivity contribution in [2.24, 2.45) is 0 Å². The fourth-order valence-corrected chi connectivity index (χ4v) is 3.64. The van der Waals surface area contributed by atoms with Gasteiger partial charge < -0.3 is 5.11 Å². The molecule has 0 saturated carbocycles. The quantitative estimate of drug-likeness (QED) is 0.912. The van der Waals surface area contributed by atoms with Gasteiger partial charge in [-0.25, -0.2) is 8.93 Å². The van der Waals surface area contributed by atoms with Gasteiger partial charge in [-0.2, -0.15) is 0 Å². The van der Waals surface area contributed by atoms with Crippen molar-refractivity contribution >= 4 is 38.4 Å². The molecule has 2 aromatic rings. The Morgan fingerprint density at radius 3 is 2.55 bits per heavy atom. The molecule has 0 aliphatic heterocycles. The summed E-state index contributed by atoms with van der Waals surface area (Å²) in [4.78, 5) is 12.1. The summed E-state index contributed by atoms with van der Waals surface area (Å²) in [7, 11) is -1.43. The molecule has 4 nitrogen and oxygen atoms in total. The molecule has 1 aromatic carbocycles. The lowest BCUT2D eigenvalue weighted by Gasteiger charge is -2.21. The van der Waals surface area contributed by atoms with E-state index in [4.69, 9.17) is 0 Å². The molecule has 6 heteroatoms. The molecule has 0 fully saturated rings. The van der Waals surface area contributed by atoms with E-state index in [0.29, 0.717) is 4.88 Å². The van der Waals surface area contributed by atoms with Crippen LogP contribution in [0.4, 0.5) is 0 Å². The number of hydrogen-bond acceptors (Lipinski definition) is 3. The second-order valence-corrected chi connectivity index (χ2v) is 8.57. The summed E-state index contributed by atoms with van der Waals surface area (Å²) in [5.74, 6) is -1.02. The molecular formula is C14H17NO3S2. The van der Waals surface area contributed by atoms with Gasteiger partial charge in [-0.05, 0) is 38.3 Å². The lowest BCUT2D eigenvalue weighted by Crippen LogP contribution is -2.38. The second kappa shape index (κ2) is 5.63. The van der Waals surface area contributed by atoms with Crippen LogP contribution < -0.4 is 4.72 Å². The summed E-state index contributed by atoms with van der Waals surface area (Å²) in [5.41, 5.74) is 0. The molecule has 2 N–H and O–H groups in total. The van der Waals surface area contributed by atoms with Crippen molar-refractivity contribution in [2.75, 3.05) is 0 Å². The number of carboxylic acid groups (broad SMARTS) is 1. The van der Waals surface area contributed by atoms with Crippen molar-refractivity contribution in [3.05, 3.63) is 35.2 Å². The highest BCUT2D eigenvalue weighted by atomic mass is 32.2. The molecule has 0 amide bonds. The maximum absolute atomic E-state index is 12.1. The first kappa shape index (κ1) is 15.2. The summed E-state index contributed by atoms with van der Waals surface area (Å²) < 4.78 is 15.3. The first-order chi connectivity index (χ1) is 9.29. The normalized spacial score (nSPS) is 15.2. The van der Waals surface area contributed by atoms with Gasteiger partial charge in [0, 0.05) is 9.58 Å². The third-order valence-corrected chi connectivity index (χ3v) is 5.50. The molecule has 2 atom stereocenters. The Morgan fingerprint density at radius 2 is 2.00 bits per heavy atom. The number of carbonyl (C=O) groups is 1. The summed E-state index contributed by atoms with van der Waals surface area (Å²) in [6.07, 6.45) is 0. The maximum Gasteiger partial charge on any atom is 0.327 e. The topological polar surface area (TPSA) is 66.4 Å². The number of fused-ring (bicyclic) bond motifs is 1. The summed E-state index contributed by atoms with van der Waals surface area (Å²) in [6.45, 7) is 5.42. The fourth-order valence-electron chi connectivity index (χ4n) is 1.66. The number of rotatable bonds is 4. The molecule has 0 unspecified atom stereocenters. The van der Waals surface area contributed by atoms with Crippen molar-refractivity contribution < 1.29 is 14.1 Å². The van der Waals surface area contributed by atoms with Crippen LogP contribution in [0.2, 0.25) is 0 Å². The van der Waals surface area contributed by atoms with Gasteiger partial charge in [-0.1, -0.05) is 18.2 Å². The molecule has 108 valence electrons. The first-order valence-electron chi connectivity index (χ1n) is 6.18. The van der Waals surface area contributed by atoms with Gasteiger partial charge in [-0.15, -0.1) is 11.3 Å². The zero-order chi connectivity index (χ0) is 14.9. The van der Waals surface area contributed by atoms with E-state index >= 15 is 0 Å². The molecule has 0 aliphatic carbocycles. The average Bonchev–Trinajstić information content (AvgIpc) is 2.77. The van der Waals surface area contributed by atoms with Gasteiger partial charge in [0.05, 0.1) is 15.7 Å². The Morgan fingerprint density at radius 1 is 1.35 bits per heavy atom. The van der Waals surface area contributed by atoms with Crippen molar-refractivity contribution in [1.82, 2.24) is 4.72 Å². The smallest absolute Gasteiger partial charge is 0.327 e. The minimum Gasteiger partial charge on any atom is -0.480 e. The predicted molar refractivity (Wildman–Crippen MR) is 83.2 cm³/mol. The van der Waals surface area contributed by atoms with Gasteiger partial charge >= 0.3 is 5.97 Å². The largest absolute Gasteiger partial charge is 0.480 e. The Hall–Kier alpha value is -1.24. The van der Waals surface area contributed by atoms with E-state index in [1.807, 2.05) is 30.3 Å². The van der Waals surface area contributed by atoms with Gasteiger partial charge in [0.2, 0.25) is 0 Å². The summed E-state index contributed by atoms with van der Waals surface area (Å²) in [5, 5.41) is 10.4. The highest BCUT2D eigenvalue weighted by molar-refractivity contribution is 7.84. The fraction of sp³-hybridized carbons (Fsp3) is 0.357. The van der Waals surface area contributed by atoms with Crippen LogP contribution in [0, 0.1) is 0 Å². The van der Waals surface area contributed by atoms with Crippen LogP contribution in [0.5, 0.6) is 0 Å². The first-order valence-corrected chi connectivity index (χ1v) is 8.15. The van der Waals surface area contributed by atoms with E-state index in [2.05, 4.69) is 4.72 Å². The van der Waals surface area contributed by atoms with E-state index in [1.54, 1.807) is 20.8 Å². The molecule has 0 aliphatic rings. The van der Waals surface area contributed by atoms with E-state index in [9.17, 15) is 14.1 Å². The molecule has 20 heavy (non-hydrogen) atoms. The molecule has 0 saturated heterocycles. The zero-order valence-electron chi connectivity index (χ0n) is 11.5. The third kappa shape index (κ3) is 3.26. The van der Waals surface area contributed by atoms with Crippen molar-refractivity contribution in [3.8, 4) is 0 Å². The van der Waals surface area contributed by atoms with Crippen LogP contribution in [0.3, 0.4) is 0 Å².